The van der Waals surface area contributed by atoms with Crippen molar-refractivity contribution in [2.75, 3.05) is 5.32 Å². The molecule has 0 radical (unpaired) electrons. The van der Waals surface area contributed by atoms with Gasteiger partial charge in [0.25, 0.3) is 0 Å². The zero-order chi connectivity index (χ0) is 17.9. The summed E-state index contributed by atoms with van der Waals surface area (Å²) in [5, 5.41) is 13.5. The van der Waals surface area contributed by atoms with Gasteiger partial charge in [0.2, 0.25) is 5.91 Å². The highest BCUT2D eigenvalue weighted by atomic mass is 16.5. The van der Waals surface area contributed by atoms with E-state index in [1.165, 1.54) is 10.8 Å². The van der Waals surface area contributed by atoms with E-state index in [0.717, 1.165) is 5.56 Å². The Kier molecular flexibility index (Phi) is 4.23. The Morgan fingerprint density at radius 3 is 2.85 bits per heavy atom. The molecule has 2 aromatic carbocycles. The molecule has 0 saturated heterocycles. The third-order valence-corrected chi connectivity index (χ3v) is 4.20. The number of hydrogen-bond acceptors (Lipinski definition) is 4. The first-order chi connectivity index (χ1) is 12.7. The van der Waals surface area contributed by atoms with Crippen LogP contribution in [0.15, 0.2) is 65.3 Å². The molecular weight excluding hydrogens is 328 g/mol. The van der Waals surface area contributed by atoms with Crippen LogP contribution in [0.4, 0.5) is 5.82 Å². The molecule has 4 rings (SSSR count). The fraction of sp³-hybridized carbons (Fsp3) is 0.150. The van der Waals surface area contributed by atoms with Crippen LogP contribution in [0.5, 0.6) is 0 Å². The Hall–Kier alpha value is -3.41. The molecule has 0 atom stereocenters. The smallest absolute Gasteiger partial charge is 0.231 e. The quantitative estimate of drug-likeness (QED) is 0.600. The lowest BCUT2D eigenvalue weighted by atomic mass is 10.0. The van der Waals surface area contributed by atoms with E-state index in [-0.39, 0.29) is 12.3 Å². The average molecular weight is 346 g/mol. The van der Waals surface area contributed by atoms with Gasteiger partial charge in [0.15, 0.2) is 0 Å². The van der Waals surface area contributed by atoms with E-state index in [0.29, 0.717) is 23.8 Å². The van der Waals surface area contributed by atoms with Crippen LogP contribution in [0.25, 0.3) is 10.8 Å². The van der Waals surface area contributed by atoms with Gasteiger partial charge in [0.1, 0.15) is 11.6 Å². The summed E-state index contributed by atoms with van der Waals surface area (Å²) in [4.78, 5) is 12.3. The molecule has 26 heavy (non-hydrogen) atoms. The second-order valence-corrected chi connectivity index (χ2v) is 6.17. The number of anilines is 1. The van der Waals surface area contributed by atoms with Crippen molar-refractivity contribution in [3.8, 4) is 0 Å². The molecule has 0 unspecified atom stereocenters. The van der Waals surface area contributed by atoms with Gasteiger partial charge in [0, 0.05) is 12.1 Å². The number of fused-ring (bicyclic) bond motifs is 1. The average Bonchev–Trinajstić information content (AvgIpc) is 3.24. The number of hydrogen-bond donors (Lipinski definition) is 1. The summed E-state index contributed by atoms with van der Waals surface area (Å²) in [6.07, 6.45) is 1.85. The van der Waals surface area contributed by atoms with Crippen molar-refractivity contribution in [2.24, 2.45) is 0 Å². The molecule has 6 nitrogen and oxygen atoms in total. The maximum atomic E-state index is 12.3. The summed E-state index contributed by atoms with van der Waals surface area (Å²) in [5.41, 5.74) is 1.76. The lowest BCUT2D eigenvalue weighted by Crippen LogP contribution is -2.18. The van der Waals surface area contributed by atoms with Gasteiger partial charge < -0.3 is 9.84 Å². The number of rotatable bonds is 5. The summed E-state index contributed by atoms with van der Waals surface area (Å²) in [6.45, 7) is 2.38. The van der Waals surface area contributed by atoms with Crippen LogP contribution in [-0.2, 0) is 17.8 Å². The van der Waals surface area contributed by atoms with Crippen molar-refractivity contribution in [3.05, 3.63) is 77.8 Å². The molecule has 6 heteroatoms. The third kappa shape index (κ3) is 3.35. The molecule has 0 fully saturated rings. The minimum Gasteiger partial charge on any atom is -0.361 e. The highest BCUT2D eigenvalue weighted by molar-refractivity contribution is 5.91. The van der Waals surface area contributed by atoms with Crippen LogP contribution in [0.2, 0.25) is 0 Å². The predicted octanol–water partition coefficient (Wildman–Crippen LogP) is 3.56. The van der Waals surface area contributed by atoms with Crippen molar-refractivity contribution in [1.82, 2.24) is 14.9 Å². The summed E-state index contributed by atoms with van der Waals surface area (Å²) >= 11 is 0. The van der Waals surface area contributed by atoms with Gasteiger partial charge in [-0.15, -0.1) is 0 Å². The van der Waals surface area contributed by atoms with Crippen molar-refractivity contribution in [2.45, 2.75) is 19.9 Å². The van der Waals surface area contributed by atoms with Crippen LogP contribution >= 0.6 is 0 Å². The number of carbonyl (C=O) groups is 1. The van der Waals surface area contributed by atoms with Crippen molar-refractivity contribution < 1.29 is 9.32 Å². The molecule has 0 saturated carbocycles. The van der Waals surface area contributed by atoms with Crippen molar-refractivity contribution >= 4 is 22.5 Å². The number of carbonyl (C=O) groups excluding carboxylic acids is 1. The van der Waals surface area contributed by atoms with E-state index in [1.54, 1.807) is 29.9 Å². The van der Waals surface area contributed by atoms with E-state index in [1.807, 2.05) is 18.2 Å². The SMILES string of the molecule is Cc1cc(CC(=O)Nc2ccnn2Cc2cccc3ccccc23)no1. The molecule has 0 aliphatic rings. The zero-order valence-corrected chi connectivity index (χ0v) is 14.3. The van der Waals surface area contributed by atoms with Crippen molar-refractivity contribution in [1.29, 1.82) is 0 Å². The Balaban J connectivity index is 1.52. The monoisotopic (exact) mass is 346 g/mol. The molecule has 0 aliphatic heterocycles. The van der Waals surface area contributed by atoms with Gasteiger partial charge in [-0.1, -0.05) is 47.6 Å². The number of nitrogens with one attached hydrogen (secondary N) is 1. The molecule has 0 aliphatic carbocycles. The van der Waals surface area contributed by atoms with Gasteiger partial charge >= 0.3 is 0 Å². The molecule has 2 aromatic heterocycles. The third-order valence-electron chi connectivity index (χ3n) is 4.20. The molecule has 4 aromatic rings. The van der Waals surface area contributed by atoms with Crippen LogP contribution in [-0.4, -0.2) is 20.8 Å². The van der Waals surface area contributed by atoms with E-state index in [9.17, 15) is 4.79 Å². The molecule has 130 valence electrons. The van der Waals surface area contributed by atoms with Gasteiger partial charge in [-0.3, -0.25) is 4.79 Å². The Morgan fingerprint density at radius 1 is 1.15 bits per heavy atom. The zero-order valence-electron chi connectivity index (χ0n) is 14.3. The summed E-state index contributed by atoms with van der Waals surface area (Å²) in [5.74, 6) is 1.19. The highest BCUT2D eigenvalue weighted by Gasteiger charge is 2.11. The standard InChI is InChI=1S/C20H18N4O2/c1-14-11-17(23-26-14)12-20(25)22-19-9-10-21-24(19)13-16-7-4-6-15-5-2-3-8-18(15)16/h2-11H,12-13H2,1H3,(H,22,25). The maximum Gasteiger partial charge on any atom is 0.231 e. The first-order valence-electron chi connectivity index (χ1n) is 8.39. The molecule has 0 spiro atoms. The summed E-state index contributed by atoms with van der Waals surface area (Å²) in [6, 6.07) is 18.0. The van der Waals surface area contributed by atoms with Gasteiger partial charge in [-0.05, 0) is 23.3 Å². The molecule has 1 amide bonds. The molecule has 1 N–H and O–H groups in total. The summed E-state index contributed by atoms with van der Waals surface area (Å²) in [7, 11) is 0. The number of aromatic nitrogens is 3. The first kappa shape index (κ1) is 16.1. The van der Waals surface area contributed by atoms with Gasteiger partial charge in [0.05, 0.1) is 24.9 Å². The largest absolute Gasteiger partial charge is 0.361 e. The van der Waals surface area contributed by atoms with E-state index in [2.05, 4.69) is 39.8 Å². The minimum absolute atomic E-state index is 0.155. The lowest BCUT2D eigenvalue weighted by Gasteiger charge is -2.11. The Labute approximate surface area is 150 Å². The van der Waals surface area contributed by atoms with Crippen LogP contribution in [0.3, 0.4) is 0 Å². The predicted molar refractivity (Wildman–Crippen MR) is 98.9 cm³/mol. The number of amides is 1. The van der Waals surface area contributed by atoms with Gasteiger partial charge in [-0.25, -0.2) is 4.68 Å². The summed E-state index contributed by atoms with van der Waals surface area (Å²) < 4.78 is 6.78. The molecule has 2 heterocycles. The van der Waals surface area contributed by atoms with Crippen LogP contribution in [0.1, 0.15) is 17.0 Å². The second-order valence-electron chi connectivity index (χ2n) is 6.17. The van der Waals surface area contributed by atoms with Gasteiger partial charge in [-0.2, -0.15) is 5.10 Å². The van der Waals surface area contributed by atoms with E-state index in [4.69, 9.17) is 4.52 Å². The number of aryl methyl sites for hydroxylation is 1. The van der Waals surface area contributed by atoms with E-state index < -0.39 is 0 Å². The van der Waals surface area contributed by atoms with Crippen molar-refractivity contribution in [3.63, 3.8) is 0 Å². The molecule has 0 bridgehead atoms. The fourth-order valence-electron chi connectivity index (χ4n) is 3.01. The fourth-order valence-corrected chi connectivity index (χ4v) is 3.01. The Bertz CT molecular complexity index is 1060. The van der Waals surface area contributed by atoms with Crippen LogP contribution in [0, 0.1) is 6.92 Å². The minimum atomic E-state index is -0.155. The first-order valence-corrected chi connectivity index (χ1v) is 8.39. The van der Waals surface area contributed by atoms with E-state index >= 15 is 0 Å². The number of benzene rings is 2. The molecular formula is C20H18N4O2. The normalized spacial score (nSPS) is 11.0. The second kappa shape index (κ2) is 6.84. The highest BCUT2D eigenvalue weighted by Crippen LogP contribution is 2.20. The maximum absolute atomic E-state index is 12.3. The lowest BCUT2D eigenvalue weighted by molar-refractivity contribution is -0.115. The number of nitrogens with zero attached hydrogens (tertiary/aromatic N) is 3. The topological polar surface area (TPSA) is 73.0 Å². The Morgan fingerprint density at radius 2 is 2.00 bits per heavy atom. The van der Waals surface area contributed by atoms with Crippen LogP contribution < -0.4 is 5.32 Å².